The van der Waals surface area contributed by atoms with E-state index in [1.807, 2.05) is 6.08 Å². The Morgan fingerprint density at radius 1 is 1.27 bits per heavy atom. The Hall–Kier alpha value is -0.340. The lowest BCUT2D eigenvalue weighted by atomic mass is 9.96. The Morgan fingerprint density at radius 3 is 2.64 bits per heavy atom. The van der Waals surface area contributed by atoms with E-state index in [0.29, 0.717) is 6.54 Å². The third-order valence-electron chi connectivity index (χ3n) is 2.11. The minimum Gasteiger partial charge on any atom is -0.381 e. The van der Waals surface area contributed by atoms with Crippen LogP contribution in [0.25, 0.3) is 0 Å². The molecular weight excluding hydrogens is 138 g/mol. The van der Waals surface area contributed by atoms with Crippen molar-refractivity contribution in [3.63, 3.8) is 0 Å². The zero-order chi connectivity index (χ0) is 7.94. The molecule has 2 N–H and O–H groups in total. The summed E-state index contributed by atoms with van der Waals surface area (Å²) in [5, 5.41) is 0. The molecule has 1 aliphatic heterocycles. The number of allylic oxidation sites excluding steroid dienone is 1. The molecule has 2 nitrogen and oxygen atoms in total. The van der Waals surface area contributed by atoms with E-state index in [2.05, 4.69) is 6.08 Å². The summed E-state index contributed by atoms with van der Waals surface area (Å²) in [5.74, 6) is 0.839. The molecule has 0 aromatic heterocycles. The molecule has 0 aromatic carbocycles. The van der Waals surface area contributed by atoms with Crippen LogP contribution in [0.2, 0.25) is 0 Å². The van der Waals surface area contributed by atoms with E-state index >= 15 is 0 Å². The largest absolute Gasteiger partial charge is 0.381 e. The van der Waals surface area contributed by atoms with Gasteiger partial charge in [0.1, 0.15) is 0 Å². The van der Waals surface area contributed by atoms with Crippen molar-refractivity contribution < 1.29 is 4.74 Å². The van der Waals surface area contributed by atoms with Crippen LogP contribution in [0.4, 0.5) is 0 Å². The van der Waals surface area contributed by atoms with Gasteiger partial charge in [-0.25, -0.2) is 0 Å². The molecule has 0 aromatic rings. The Kier molecular flexibility index (Phi) is 4.24. The molecule has 0 radical (unpaired) electrons. The van der Waals surface area contributed by atoms with Gasteiger partial charge in [-0.3, -0.25) is 0 Å². The first kappa shape index (κ1) is 8.75. The highest BCUT2D eigenvalue weighted by Crippen LogP contribution is 2.18. The average molecular weight is 155 g/mol. The van der Waals surface area contributed by atoms with Crippen molar-refractivity contribution in [3.8, 4) is 0 Å². The number of ether oxygens (including phenoxy) is 1. The Bertz CT molecular complexity index is 117. The maximum Gasteiger partial charge on any atom is 0.0468 e. The number of nitrogens with two attached hydrogens (primary N) is 1. The molecule has 0 atom stereocenters. The standard InChI is InChI=1S/C9H17NO/c10-6-2-1-3-9-4-7-11-8-5-9/h1-2,9H,3-8,10H2/b2-1-. The minimum atomic E-state index is 0.670. The highest BCUT2D eigenvalue weighted by molar-refractivity contribution is 4.85. The Morgan fingerprint density at radius 2 is 2.00 bits per heavy atom. The summed E-state index contributed by atoms with van der Waals surface area (Å²) in [6, 6.07) is 0. The van der Waals surface area contributed by atoms with Gasteiger partial charge in [0, 0.05) is 19.8 Å². The maximum absolute atomic E-state index is 5.33. The van der Waals surface area contributed by atoms with E-state index in [1.54, 1.807) is 0 Å². The lowest BCUT2D eigenvalue weighted by Crippen LogP contribution is -2.14. The molecule has 0 spiro atoms. The predicted molar refractivity (Wildman–Crippen MR) is 46.4 cm³/mol. The first-order chi connectivity index (χ1) is 5.43. The van der Waals surface area contributed by atoms with Crippen LogP contribution < -0.4 is 5.73 Å². The van der Waals surface area contributed by atoms with Crippen LogP contribution in [-0.2, 0) is 4.74 Å². The zero-order valence-corrected chi connectivity index (χ0v) is 6.96. The molecule has 1 rings (SSSR count). The van der Waals surface area contributed by atoms with Gasteiger partial charge in [-0.2, -0.15) is 0 Å². The van der Waals surface area contributed by atoms with E-state index < -0.39 is 0 Å². The molecule has 0 saturated carbocycles. The van der Waals surface area contributed by atoms with Crippen LogP contribution in [0.3, 0.4) is 0 Å². The molecular formula is C9H17NO. The third-order valence-corrected chi connectivity index (χ3v) is 2.11. The summed E-state index contributed by atoms with van der Waals surface area (Å²) in [6.07, 6.45) is 7.84. The van der Waals surface area contributed by atoms with Crippen LogP contribution in [0, 0.1) is 5.92 Å². The van der Waals surface area contributed by atoms with Crippen LogP contribution in [0.1, 0.15) is 19.3 Å². The van der Waals surface area contributed by atoms with Gasteiger partial charge in [-0.15, -0.1) is 0 Å². The quantitative estimate of drug-likeness (QED) is 0.624. The molecule has 0 aliphatic carbocycles. The second-order valence-electron chi connectivity index (χ2n) is 3.00. The van der Waals surface area contributed by atoms with Gasteiger partial charge in [-0.05, 0) is 25.2 Å². The molecule has 0 amide bonds. The number of rotatable bonds is 3. The van der Waals surface area contributed by atoms with Crippen molar-refractivity contribution in [2.24, 2.45) is 11.7 Å². The Balaban J connectivity index is 2.09. The zero-order valence-electron chi connectivity index (χ0n) is 6.96. The van der Waals surface area contributed by atoms with Crippen molar-refractivity contribution in [1.82, 2.24) is 0 Å². The van der Waals surface area contributed by atoms with Gasteiger partial charge in [0.2, 0.25) is 0 Å². The molecule has 2 heteroatoms. The van der Waals surface area contributed by atoms with E-state index in [9.17, 15) is 0 Å². The molecule has 0 unspecified atom stereocenters. The van der Waals surface area contributed by atoms with Crippen molar-refractivity contribution in [3.05, 3.63) is 12.2 Å². The van der Waals surface area contributed by atoms with Crippen molar-refractivity contribution in [1.29, 1.82) is 0 Å². The molecule has 0 bridgehead atoms. The maximum atomic E-state index is 5.33. The van der Waals surface area contributed by atoms with Crippen molar-refractivity contribution in [2.45, 2.75) is 19.3 Å². The van der Waals surface area contributed by atoms with Gasteiger partial charge < -0.3 is 10.5 Å². The fourth-order valence-electron chi connectivity index (χ4n) is 1.37. The summed E-state index contributed by atoms with van der Waals surface area (Å²) in [7, 11) is 0. The lowest BCUT2D eigenvalue weighted by molar-refractivity contribution is 0.0672. The number of hydrogen-bond acceptors (Lipinski definition) is 2. The summed E-state index contributed by atoms with van der Waals surface area (Å²) < 4.78 is 5.26. The second-order valence-corrected chi connectivity index (χ2v) is 3.00. The summed E-state index contributed by atoms with van der Waals surface area (Å²) in [5.41, 5.74) is 5.33. The minimum absolute atomic E-state index is 0.670. The van der Waals surface area contributed by atoms with Gasteiger partial charge >= 0.3 is 0 Å². The highest BCUT2D eigenvalue weighted by atomic mass is 16.5. The van der Waals surface area contributed by atoms with E-state index in [4.69, 9.17) is 10.5 Å². The van der Waals surface area contributed by atoms with Gasteiger partial charge in [-0.1, -0.05) is 12.2 Å². The fraction of sp³-hybridized carbons (Fsp3) is 0.778. The van der Waals surface area contributed by atoms with Crippen LogP contribution in [-0.4, -0.2) is 19.8 Å². The molecule has 64 valence electrons. The third kappa shape index (κ3) is 3.54. The highest BCUT2D eigenvalue weighted by Gasteiger charge is 2.11. The molecule has 1 saturated heterocycles. The lowest BCUT2D eigenvalue weighted by Gasteiger charge is -2.20. The van der Waals surface area contributed by atoms with E-state index in [-0.39, 0.29) is 0 Å². The Labute approximate surface area is 68.4 Å². The first-order valence-electron chi connectivity index (χ1n) is 4.36. The van der Waals surface area contributed by atoms with Crippen LogP contribution in [0.15, 0.2) is 12.2 Å². The van der Waals surface area contributed by atoms with Gasteiger partial charge in [0.05, 0.1) is 0 Å². The second kappa shape index (κ2) is 5.33. The monoisotopic (exact) mass is 155 g/mol. The molecule has 1 fully saturated rings. The van der Waals surface area contributed by atoms with Gasteiger partial charge in [0.15, 0.2) is 0 Å². The normalized spacial score (nSPS) is 21.2. The van der Waals surface area contributed by atoms with E-state index in [1.165, 1.54) is 19.3 Å². The SMILES string of the molecule is NC/C=C\CC1CCOCC1. The summed E-state index contributed by atoms with van der Waals surface area (Å²) >= 11 is 0. The van der Waals surface area contributed by atoms with Crippen LogP contribution >= 0.6 is 0 Å². The first-order valence-corrected chi connectivity index (χ1v) is 4.36. The predicted octanol–water partition coefficient (Wildman–Crippen LogP) is 1.32. The fourth-order valence-corrected chi connectivity index (χ4v) is 1.37. The van der Waals surface area contributed by atoms with E-state index in [0.717, 1.165) is 19.1 Å². The smallest absolute Gasteiger partial charge is 0.0468 e. The average Bonchev–Trinajstić information content (AvgIpc) is 2.07. The van der Waals surface area contributed by atoms with Crippen LogP contribution in [0.5, 0.6) is 0 Å². The molecule has 1 heterocycles. The van der Waals surface area contributed by atoms with Crippen molar-refractivity contribution in [2.75, 3.05) is 19.8 Å². The number of hydrogen-bond donors (Lipinski definition) is 1. The summed E-state index contributed by atoms with van der Waals surface area (Å²) in [6.45, 7) is 2.56. The van der Waals surface area contributed by atoms with Crippen molar-refractivity contribution >= 4 is 0 Å². The summed E-state index contributed by atoms with van der Waals surface area (Å²) in [4.78, 5) is 0. The molecule has 1 aliphatic rings. The van der Waals surface area contributed by atoms with Gasteiger partial charge in [0.25, 0.3) is 0 Å². The topological polar surface area (TPSA) is 35.2 Å². The molecule has 11 heavy (non-hydrogen) atoms.